The lowest BCUT2D eigenvalue weighted by molar-refractivity contribution is 0.312. The summed E-state index contributed by atoms with van der Waals surface area (Å²) in [5, 5.41) is 3.23. The van der Waals surface area contributed by atoms with Crippen LogP contribution in [0.3, 0.4) is 0 Å². The normalized spacial score (nSPS) is 10.6. The molecule has 0 bridgehead atoms. The van der Waals surface area contributed by atoms with Gasteiger partial charge in [0.25, 0.3) is 0 Å². The van der Waals surface area contributed by atoms with Gasteiger partial charge in [0, 0.05) is 24.0 Å². The summed E-state index contributed by atoms with van der Waals surface area (Å²) < 4.78 is 19.1. The molecule has 0 aliphatic rings. The predicted molar refractivity (Wildman–Crippen MR) is 72.9 cm³/mol. The molecule has 18 heavy (non-hydrogen) atoms. The van der Waals surface area contributed by atoms with E-state index in [1.54, 1.807) is 23.5 Å². The van der Waals surface area contributed by atoms with E-state index >= 15 is 0 Å². The van der Waals surface area contributed by atoms with E-state index in [4.69, 9.17) is 16.3 Å². The van der Waals surface area contributed by atoms with Crippen LogP contribution in [0.15, 0.2) is 36.4 Å². The van der Waals surface area contributed by atoms with Crippen LogP contribution < -0.4 is 10.1 Å². The Labute approximate surface area is 114 Å². The third-order valence-corrected chi connectivity index (χ3v) is 3.50. The smallest absolute Gasteiger partial charge is 0.126 e. The molecule has 5 heteroatoms. The Morgan fingerprint density at radius 3 is 2.89 bits per heavy atom. The number of thiophene rings is 1. The first-order valence-electron chi connectivity index (χ1n) is 5.57. The van der Waals surface area contributed by atoms with Crippen LogP contribution in [0, 0.1) is 5.82 Å². The van der Waals surface area contributed by atoms with Gasteiger partial charge in [-0.2, -0.15) is 0 Å². The number of nitrogens with one attached hydrogen (secondary N) is 1. The zero-order chi connectivity index (χ0) is 12.8. The minimum Gasteiger partial charge on any atom is -0.492 e. The Bertz CT molecular complexity index is 503. The molecule has 2 rings (SSSR count). The lowest BCUT2D eigenvalue weighted by Gasteiger charge is -2.06. The van der Waals surface area contributed by atoms with Gasteiger partial charge in [-0.3, -0.25) is 0 Å². The molecule has 0 atom stereocenters. The van der Waals surface area contributed by atoms with Gasteiger partial charge in [0.1, 0.15) is 18.2 Å². The van der Waals surface area contributed by atoms with Crippen LogP contribution in [0.2, 0.25) is 4.34 Å². The van der Waals surface area contributed by atoms with Crippen molar-refractivity contribution in [2.24, 2.45) is 0 Å². The molecule has 2 nitrogen and oxygen atoms in total. The van der Waals surface area contributed by atoms with E-state index in [9.17, 15) is 4.39 Å². The Hall–Kier alpha value is -1.10. The summed E-state index contributed by atoms with van der Waals surface area (Å²) >= 11 is 7.38. The maximum Gasteiger partial charge on any atom is 0.126 e. The molecular weight excluding hydrogens is 273 g/mol. The second kappa shape index (κ2) is 6.73. The van der Waals surface area contributed by atoms with E-state index in [1.165, 1.54) is 17.0 Å². The maximum absolute atomic E-state index is 12.9. The van der Waals surface area contributed by atoms with E-state index in [0.29, 0.717) is 18.9 Å². The van der Waals surface area contributed by atoms with Crippen molar-refractivity contribution in [3.05, 3.63) is 51.4 Å². The molecule has 0 unspecified atom stereocenters. The van der Waals surface area contributed by atoms with Crippen molar-refractivity contribution in [3.63, 3.8) is 0 Å². The Morgan fingerprint density at radius 1 is 1.28 bits per heavy atom. The van der Waals surface area contributed by atoms with Crippen LogP contribution in [0.25, 0.3) is 0 Å². The van der Waals surface area contributed by atoms with Gasteiger partial charge in [0.05, 0.1) is 4.34 Å². The van der Waals surface area contributed by atoms with Crippen LogP contribution in [0.5, 0.6) is 5.75 Å². The third-order valence-electron chi connectivity index (χ3n) is 2.27. The number of hydrogen-bond acceptors (Lipinski definition) is 3. The molecule has 1 aromatic carbocycles. The molecule has 0 fully saturated rings. The molecule has 0 saturated heterocycles. The molecule has 0 saturated carbocycles. The molecular formula is C13H13ClFNOS. The van der Waals surface area contributed by atoms with Crippen molar-refractivity contribution in [1.29, 1.82) is 0 Å². The van der Waals surface area contributed by atoms with Gasteiger partial charge in [0.15, 0.2) is 0 Å². The van der Waals surface area contributed by atoms with Gasteiger partial charge in [-0.15, -0.1) is 11.3 Å². The fourth-order valence-electron chi connectivity index (χ4n) is 1.46. The second-order valence-electron chi connectivity index (χ2n) is 3.69. The number of hydrogen-bond donors (Lipinski definition) is 1. The largest absolute Gasteiger partial charge is 0.492 e. The molecule has 2 aromatic rings. The number of ether oxygens (including phenoxy) is 1. The van der Waals surface area contributed by atoms with Crippen molar-refractivity contribution in [1.82, 2.24) is 5.32 Å². The van der Waals surface area contributed by atoms with Gasteiger partial charge >= 0.3 is 0 Å². The van der Waals surface area contributed by atoms with E-state index in [-0.39, 0.29) is 5.82 Å². The maximum atomic E-state index is 12.9. The van der Waals surface area contributed by atoms with E-state index in [2.05, 4.69) is 5.32 Å². The highest BCUT2D eigenvalue weighted by molar-refractivity contribution is 7.16. The standard InChI is InChI=1S/C13H13ClFNOS/c14-13-5-4-12(18-13)9-16-6-7-17-11-3-1-2-10(15)8-11/h1-5,8,16H,6-7,9H2. The Balaban J connectivity index is 1.64. The highest BCUT2D eigenvalue weighted by atomic mass is 35.5. The van der Waals surface area contributed by atoms with Gasteiger partial charge in [-0.25, -0.2) is 4.39 Å². The zero-order valence-corrected chi connectivity index (χ0v) is 11.2. The van der Waals surface area contributed by atoms with Crippen LogP contribution in [-0.2, 0) is 6.54 Å². The van der Waals surface area contributed by atoms with Crippen molar-refractivity contribution in [2.75, 3.05) is 13.2 Å². The predicted octanol–water partition coefficient (Wildman–Crippen LogP) is 3.71. The van der Waals surface area contributed by atoms with E-state index < -0.39 is 0 Å². The fourth-order valence-corrected chi connectivity index (χ4v) is 2.51. The first-order chi connectivity index (χ1) is 8.74. The zero-order valence-electron chi connectivity index (χ0n) is 9.66. The number of halogens is 2. The minimum atomic E-state index is -0.284. The first-order valence-corrected chi connectivity index (χ1v) is 6.77. The van der Waals surface area contributed by atoms with Crippen LogP contribution in [-0.4, -0.2) is 13.2 Å². The van der Waals surface area contributed by atoms with Crippen molar-refractivity contribution >= 4 is 22.9 Å². The SMILES string of the molecule is Fc1cccc(OCCNCc2ccc(Cl)s2)c1. The summed E-state index contributed by atoms with van der Waals surface area (Å²) in [5.74, 6) is 0.268. The van der Waals surface area contributed by atoms with E-state index in [1.807, 2.05) is 12.1 Å². The molecule has 0 aliphatic carbocycles. The third kappa shape index (κ3) is 4.29. The van der Waals surface area contributed by atoms with Crippen molar-refractivity contribution < 1.29 is 9.13 Å². The summed E-state index contributed by atoms with van der Waals surface area (Å²) in [7, 11) is 0. The molecule has 1 N–H and O–H groups in total. The number of benzene rings is 1. The molecule has 1 heterocycles. The van der Waals surface area contributed by atoms with Gasteiger partial charge in [-0.1, -0.05) is 17.7 Å². The Kier molecular flexibility index (Phi) is 4.99. The highest BCUT2D eigenvalue weighted by Crippen LogP contribution is 2.20. The topological polar surface area (TPSA) is 21.3 Å². The van der Waals surface area contributed by atoms with Crippen molar-refractivity contribution in [2.45, 2.75) is 6.54 Å². The summed E-state index contributed by atoms with van der Waals surface area (Å²) in [4.78, 5) is 1.19. The molecule has 0 radical (unpaired) electrons. The monoisotopic (exact) mass is 285 g/mol. The molecule has 1 aromatic heterocycles. The van der Waals surface area contributed by atoms with Crippen LogP contribution in [0.4, 0.5) is 4.39 Å². The number of rotatable bonds is 6. The molecule has 0 amide bonds. The summed E-state index contributed by atoms with van der Waals surface area (Å²) in [6.07, 6.45) is 0. The van der Waals surface area contributed by atoms with Gasteiger partial charge in [0.2, 0.25) is 0 Å². The quantitative estimate of drug-likeness (QED) is 0.817. The van der Waals surface area contributed by atoms with E-state index in [0.717, 1.165) is 10.9 Å². The van der Waals surface area contributed by atoms with Gasteiger partial charge < -0.3 is 10.1 Å². The average molecular weight is 286 g/mol. The highest BCUT2D eigenvalue weighted by Gasteiger charge is 1.98. The summed E-state index contributed by atoms with van der Waals surface area (Å²) in [5.41, 5.74) is 0. The first kappa shape index (κ1) is 13.3. The van der Waals surface area contributed by atoms with Crippen LogP contribution >= 0.6 is 22.9 Å². The Morgan fingerprint density at radius 2 is 2.17 bits per heavy atom. The summed E-state index contributed by atoms with van der Waals surface area (Å²) in [6.45, 7) is 1.97. The second-order valence-corrected chi connectivity index (χ2v) is 5.49. The summed E-state index contributed by atoms with van der Waals surface area (Å²) in [6, 6.07) is 10.0. The fraction of sp³-hybridized carbons (Fsp3) is 0.231. The minimum absolute atomic E-state index is 0.284. The lowest BCUT2D eigenvalue weighted by atomic mass is 10.3. The lowest BCUT2D eigenvalue weighted by Crippen LogP contribution is -2.20. The average Bonchev–Trinajstić information content (AvgIpc) is 2.75. The van der Waals surface area contributed by atoms with Gasteiger partial charge in [-0.05, 0) is 24.3 Å². The van der Waals surface area contributed by atoms with Crippen molar-refractivity contribution in [3.8, 4) is 5.75 Å². The van der Waals surface area contributed by atoms with Crippen LogP contribution in [0.1, 0.15) is 4.88 Å². The molecule has 0 aliphatic heterocycles. The molecule has 96 valence electrons. The molecule has 0 spiro atoms.